The van der Waals surface area contributed by atoms with Crippen LogP contribution in [0.5, 0.6) is 0 Å². The number of benzene rings is 1. The molecule has 0 amide bonds. The molecule has 16 heavy (non-hydrogen) atoms. The van der Waals surface area contributed by atoms with Gasteiger partial charge in [0.15, 0.2) is 0 Å². The predicted molar refractivity (Wildman–Crippen MR) is 72.2 cm³/mol. The van der Waals surface area contributed by atoms with E-state index in [9.17, 15) is 0 Å². The summed E-state index contributed by atoms with van der Waals surface area (Å²) in [5.74, 6) is 0. The van der Waals surface area contributed by atoms with Crippen molar-refractivity contribution in [2.24, 2.45) is 0 Å². The lowest BCUT2D eigenvalue weighted by Gasteiger charge is -2.18. The van der Waals surface area contributed by atoms with Crippen molar-refractivity contribution in [1.82, 2.24) is 0 Å². The summed E-state index contributed by atoms with van der Waals surface area (Å²) in [6, 6.07) is 11.0. The van der Waals surface area contributed by atoms with Gasteiger partial charge in [0.1, 0.15) is 0 Å². The van der Waals surface area contributed by atoms with Gasteiger partial charge >= 0.3 is 0 Å². The minimum atomic E-state index is 0.412. The molecule has 0 radical (unpaired) electrons. The van der Waals surface area contributed by atoms with Crippen LogP contribution in [0, 0.1) is 6.92 Å². The highest BCUT2D eigenvalue weighted by atomic mass is 32.1. The molecule has 84 valence electrons. The third kappa shape index (κ3) is 2.45. The van der Waals surface area contributed by atoms with Crippen molar-refractivity contribution in [3.05, 3.63) is 52.2 Å². The third-order valence-corrected chi connectivity index (χ3v) is 3.66. The maximum atomic E-state index is 3.60. The Morgan fingerprint density at radius 3 is 2.50 bits per heavy atom. The topological polar surface area (TPSA) is 12.0 Å². The highest BCUT2D eigenvalue weighted by Crippen LogP contribution is 2.26. The fourth-order valence-corrected chi connectivity index (χ4v) is 2.59. The molecule has 0 spiro atoms. The summed E-state index contributed by atoms with van der Waals surface area (Å²) >= 11 is 1.75. The molecular formula is C14H17NS. The van der Waals surface area contributed by atoms with E-state index in [0.717, 1.165) is 6.42 Å². The third-order valence-electron chi connectivity index (χ3n) is 2.80. The van der Waals surface area contributed by atoms with E-state index in [2.05, 4.69) is 60.3 Å². The monoisotopic (exact) mass is 231 g/mol. The Bertz CT molecular complexity index is 433. The molecule has 0 aliphatic carbocycles. The maximum Gasteiger partial charge on any atom is 0.0511 e. The summed E-state index contributed by atoms with van der Waals surface area (Å²) in [4.78, 5) is 0. The molecule has 0 saturated heterocycles. The number of anilines is 1. The van der Waals surface area contributed by atoms with Gasteiger partial charge < -0.3 is 5.32 Å². The first-order valence-corrected chi connectivity index (χ1v) is 6.59. The standard InChI is InChI=1S/C14H17NS/c1-3-13(12-7-5-4-6-8-12)15-14-10-16-9-11(14)2/h4-10,13,15H,3H2,1-2H3. The highest BCUT2D eigenvalue weighted by Gasteiger charge is 2.09. The van der Waals surface area contributed by atoms with Gasteiger partial charge in [-0.2, -0.15) is 0 Å². The normalized spacial score (nSPS) is 12.4. The van der Waals surface area contributed by atoms with E-state index in [4.69, 9.17) is 0 Å². The van der Waals surface area contributed by atoms with Gasteiger partial charge in [-0.05, 0) is 29.9 Å². The summed E-state index contributed by atoms with van der Waals surface area (Å²) < 4.78 is 0. The Balaban J connectivity index is 2.16. The molecule has 2 aromatic rings. The molecule has 0 aliphatic heterocycles. The van der Waals surface area contributed by atoms with Gasteiger partial charge in [0.25, 0.3) is 0 Å². The largest absolute Gasteiger partial charge is 0.377 e. The summed E-state index contributed by atoms with van der Waals surface area (Å²) in [5.41, 5.74) is 3.95. The van der Waals surface area contributed by atoms with Crippen LogP contribution in [0.3, 0.4) is 0 Å². The molecule has 1 N–H and O–H groups in total. The molecule has 2 rings (SSSR count). The number of nitrogens with one attached hydrogen (secondary N) is 1. The number of thiophene rings is 1. The summed E-state index contributed by atoms with van der Waals surface area (Å²) in [5, 5.41) is 7.97. The molecule has 0 aliphatic rings. The average Bonchev–Trinajstić information content (AvgIpc) is 2.73. The van der Waals surface area contributed by atoms with Gasteiger partial charge in [0.2, 0.25) is 0 Å². The Hall–Kier alpha value is -1.28. The number of hydrogen-bond donors (Lipinski definition) is 1. The molecule has 1 aromatic carbocycles. The van der Waals surface area contributed by atoms with E-state index < -0.39 is 0 Å². The Morgan fingerprint density at radius 1 is 1.19 bits per heavy atom. The summed E-state index contributed by atoms with van der Waals surface area (Å²) in [6.45, 7) is 4.36. The average molecular weight is 231 g/mol. The van der Waals surface area contributed by atoms with Gasteiger partial charge in [-0.3, -0.25) is 0 Å². The first-order chi connectivity index (χ1) is 7.81. The van der Waals surface area contributed by atoms with Crippen LogP contribution in [0.4, 0.5) is 5.69 Å². The second kappa shape index (κ2) is 5.17. The molecule has 0 fully saturated rings. The van der Waals surface area contributed by atoms with Crippen LogP contribution in [-0.2, 0) is 0 Å². The molecular weight excluding hydrogens is 214 g/mol. The van der Waals surface area contributed by atoms with Crippen LogP contribution < -0.4 is 5.32 Å². The fraction of sp³-hybridized carbons (Fsp3) is 0.286. The quantitative estimate of drug-likeness (QED) is 0.809. The van der Waals surface area contributed by atoms with Gasteiger partial charge in [0, 0.05) is 11.1 Å². The number of hydrogen-bond acceptors (Lipinski definition) is 2. The minimum absolute atomic E-state index is 0.412. The zero-order valence-corrected chi connectivity index (χ0v) is 10.6. The minimum Gasteiger partial charge on any atom is -0.377 e. The smallest absolute Gasteiger partial charge is 0.0511 e. The van der Waals surface area contributed by atoms with Crippen molar-refractivity contribution in [2.75, 3.05) is 5.32 Å². The summed E-state index contributed by atoms with van der Waals surface area (Å²) in [6.07, 6.45) is 1.10. The first kappa shape index (κ1) is 11.2. The van der Waals surface area contributed by atoms with Gasteiger partial charge in [0.05, 0.1) is 6.04 Å². The molecule has 1 nitrogen and oxygen atoms in total. The zero-order valence-electron chi connectivity index (χ0n) is 9.73. The van der Waals surface area contributed by atoms with Crippen molar-refractivity contribution >= 4 is 17.0 Å². The number of rotatable bonds is 4. The van der Waals surface area contributed by atoms with Crippen LogP contribution >= 0.6 is 11.3 Å². The van der Waals surface area contributed by atoms with E-state index in [1.54, 1.807) is 11.3 Å². The van der Waals surface area contributed by atoms with E-state index in [-0.39, 0.29) is 0 Å². The molecule has 1 atom stereocenters. The lowest BCUT2D eigenvalue weighted by molar-refractivity contribution is 0.749. The van der Waals surface area contributed by atoms with Crippen LogP contribution in [0.15, 0.2) is 41.1 Å². The fourth-order valence-electron chi connectivity index (χ4n) is 1.80. The zero-order chi connectivity index (χ0) is 11.4. The van der Waals surface area contributed by atoms with Gasteiger partial charge in [-0.1, -0.05) is 37.3 Å². The molecule has 0 bridgehead atoms. The highest BCUT2D eigenvalue weighted by molar-refractivity contribution is 7.08. The van der Waals surface area contributed by atoms with Crippen molar-refractivity contribution < 1.29 is 0 Å². The van der Waals surface area contributed by atoms with E-state index in [1.165, 1.54) is 16.8 Å². The Morgan fingerprint density at radius 2 is 1.94 bits per heavy atom. The van der Waals surface area contributed by atoms with Crippen LogP contribution in [0.2, 0.25) is 0 Å². The molecule has 1 aromatic heterocycles. The van der Waals surface area contributed by atoms with Crippen LogP contribution in [-0.4, -0.2) is 0 Å². The Kier molecular flexibility index (Phi) is 3.62. The summed E-state index contributed by atoms with van der Waals surface area (Å²) in [7, 11) is 0. The lowest BCUT2D eigenvalue weighted by atomic mass is 10.0. The molecule has 1 heterocycles. The lowest BCUT2D eigenvalue weighted by Crippen LogP contribution is -2.09. The molecule has 2 heteroatoms. The van der Waals surface area contributed by atoms with Crippen molar-refractivity contribution in [2.45, 2.75) is 26.3 Å². The second-order valence-corrected chi connectivity index (χ2v) is 4.73. The van der Waals surface area contributed by atoms with E-state index in [0.29, 0.717) is 6.04 Å². The van der Waals surface area contributed by atoms with Gasteiger partial charge in [-0.15, -0.1) is 11.3 Å². The van der Waals surface area contributed by atoms with Crippen molar-refractivity contribution in [1.29, 1.82) is 0 Å². The van der Waals surface area contributed by atoms with Crippen LogP contribution in [0.1, 0.15) is 30.5 Å². The van der Waals surface area contributed by atoms with Crippen LogP contribution in [0.25, 0.3) is 0 Å². The van der Waals surface area contributed by atoms with Crippen molar-refractivity contribution in [3.8, 4) is 0 Å². The maximum absolute atomic E-state index is 3.60. The SMILES string of the molecule is CCC(Nc1cscc1C)c1ccccc1. The predicted octanol–water partition coefficient (Wildman–Crippen LogP) is 4.62. The second-order valence-electron chi connectivity index (χ2n) is 3.98. The van der Waals surface area contributed by atoms with Crippen molar-refractivity contribution in [3.63, 3.8) is 0 Å². The Labute approximate surface area is 101 Å². The molecule has 1 unspecified atom stereocenters. The van der Waals surface area contributed by atoms with E-state index >= 15 is 0 Å². The first-order valence-electron chi connectivity index (χ1n) is 5.65. The number of aryl methyl sites for hydroxylation is 1. The van der Waals surface area contributed by atoms with E-state index in [1.807, 2.05) is 0 Å². The van der Waals surface area contributed by atoms with Gasteiger partial charge in [-0.25, -0.2) is 0 Å². The molecule has 0 saturated carbocycles.